The standard InChI is InChI=1S/C10H10BrNO2/c1-13-8-5-7(3-4-12)6-9(14-2)10(8)11/h5-6H,3H2,1-2H3. The number of nitriles is 1. The highest BCUT2D eigenvalue weighted by molar-refractivity contribution is 9.10. The van der Waals surface area contributed by atoms with Crippen LogP contribution in [0.15, 0.2) is 16.6 Å². The van der Waals surface area contributed by atoms with E-state index >= 15 is 0 Å². The van der Waals surface area contributed by atoms with Crippen LogP contribution in [-0.4, -0.2) is 14.2 Å². The van der Waals surface area contributed by atoms with Crippen molar-refractivity contribution in [2.45, 2.75) is 6.42 Å². The van der Waals surface area contributed by atoms with Crippen molar-refractivity contribution < 1.29 is 9.47 Å². The molecule has 1 aromatic carbocycles. The monoisotopic (exact) mass is 255 g/mol. The molecule has 14 heavy (non-hydrogen) atoms. The van der Waals surface area contributed by atoms with E-state index in [0.29, 0.717) is 17.9 Å². The molecule has 1 rings (SSSR count). The Morgan fingerprint density at radius 3 is 2.14 bits per heavy atom. The number of nitrogens with zero attached hydrogens (tertiary/aromatic N) is 1. The normalized spacial score (nSPS) is 9.29. The summed E-state index contributed by atoms with van der Waals surface area (Å²) in [5.74, 6) is 1.35. The second-order valence-electron chi connectivity index (χ2n) is 2.65. The third kappa shape index (κ3) is 2.18. The van der Waals surface area contributed by atoms with Crippen LogP contribution in [0.3, 0.4) is 0 Å². The maximum absolute atomic E-state index is 8.57. The van der Waals surface area contributed by atoms with Gasteiger partial charge in [0.2, 0.25) is 0 Å². The third-order valence-corrected chi connectivity index (χ3v) is 2.57. The van der Waals surface area contributed by atoms with E-state index in [-0.39, 0.29) is 0 Å². The Balaban J connectivity index is 3.19. The highest BCUT2D eigenvalue weighted by atomic mass is 79.9. The summed E-state index contributed by atoms with van der Waals surface area (Å²) in [5.41, 5.74) is 0.879. The summed E-state index contributed by atoms with van der Waals surface area (Å²) in [6.07, 6.45) is 0.347. The van der Waals surface area contributed by atoms with E-state index < -0.39 is 0 Å². The van der Waals surface area contributed by atoms with Crippen molar-refractivity contribution in [3.05, 3.63) is 22.2 Å². The van der Waals surface area contributed by atoms with E-state index in [4.69, 9.17) is 14.7 Å². The number of hydrogen-bond acceptors (Lipinski definition) is 3. The van der Waals surface area contributed by atoms with E-state index in [1.807, 2.05) is 12.1 Å². The lowest BCUT2D eigenvalue weighted by molar-refractivity contribution is 0.389. The maximum atomic E-state index is 8.57. The van der Waals surface area contributed by atoms with E-state index in [9.17, 15) is 0 Å². The summed E-state index contributed by atoms with van der Waals surface area (Å²) in [5, 5.41) is 8.57. The van der Waals surface area contributed by atoms with Crippen molar-refractivity contribution in [3.8, 4) is 17.6 Å². The Labute approximate surface area is 91.4 Å². The van der Waals surface area contributed by atoms with Gasteiger partial charge in [-0.2, -0.15) is 5.26 Å². The van der Waals surface area contributed by atoms with Gasteiger partial charge < -0.3 is 9.47 Å². The molecule has 0 bridgehead atoms. The molecule has 74 valence electrons. The first-order valence-electron chi connectivity index (χ1n) is 4.00. The highest BCUT2D eigenvalue weighted by Gasteiger charge is 2.09. The molecular weight excluding hydrogens is 246 g/mol. The molecule has 0 aliphatic heterocycles. The largest absolute Gasteiger partial charge is 0.495 e. The Morgan fingerprint density at radius 2 is 1.79 bits per heavy atom. The molecule has 0 heterocycles. The van der Waals surface area contributed by atoms with Crippen molar-refractivity contribution in [2.24, 2.45) is 0 Å². The summed E-state index contributed by atoms with van der Waals surface area (Å²) in [7, 11) is 3.16. The molecule has 0 saturated heterocycles. The van der Waals surface area contributed by atoms with Crippen molar-refractivity contribution in [2.75, 3.05) is 14.2 Å². The molecule has 0 aliphatic carbocycles. The minimum atomic E-state index is 0.347. The molecular formula is C10H10BrNO2. The van der Waals surface area contributed by atoms with Crippen LogP contribution >= 0.6 is 15.9 Å². The van der Waals surface area contributed by atoms with Crippen molar-refractivity contribution in [3.63, 3.8) is 0 Å². The van der Waals surface area contributed by atoms with Crippen LogP contribution < -0.4 is 9.47 Å². The minimum Gasteiger partial charge on any atom is -0.495 e. The quantitative estimate of drug-likeness (QED) is 0.834. The predicted molar refractivity (Wildman–Crippen MR) is 56.6 cm³/mol. The SMILES string of the molecule is COc1cc(CC#N)cc(OC)c1Br. The molecule has 3 nitrogen and oxygen atoms in total. The number of hydrogen-bond donors (Lipinski definition) is 0. The zero-order valence-electron chi connectivity index (χ0n) is 8.00. The first kappa shape index (κ1) is 10.9. The van der Waals surface area contributed by atoms with Crippen LogP contribution in [0.2, 0.25) is 0 Å². The van der Waals surface area contributed by atoms with Gasteiger partial charge in [0.1, 0.15) is 16.0 Å². The fourth-order valence-electron chi connectivity index (χ4n) is 1.12. The van der Waals surface area contributed by atoms with Gasteiger partial charge in [-0.25, -0.2) is 0 Å². The second kappa shape index (κ2) is 4.87. The summed E-state index contributed by atoms with van der Waals surface area (Å²) in [6.45, 7) is 0. The van der Waals surface area contributed by atoms with Gasteiger partial charge in [-0.15, -0.1) is 0 Å². The zero-order chi connectivity index (χ0) is 10.6. The van der Waals surface area contributed by atoms with Crippen LogP contribution in [0.1, 0.15) is 5.56 Å². The lowest BCUT2D eigenvalue weighted by Crippen LogP contribution is -1.92. The molecule has 0 atom stereocenters. The molecule has 0 aromatic heterocycles. The first-order valence-corrected chi connectivity index (χ1v) is 4.79. The fraction of sp³-hybridized carbons (Fsp3) is 0.300. The lowest BCUT2D eigenvalue weighted by atomic mass is 10.1. The summed E-state index contributed by atoms with van der Waals surface area (Å²) in [6, 6.07) is 5.71. The molecule has 0 aliphatic rings. The molecule has 0 amide bonds. The van der Waals surface area contributed by atoms with E-state index in [1.54, 1.807) is 14.2 Å². The molecule has 1 aromatic rings. The zero-order valence-corrected chi connectivity index (χ0v) is 9.59. The smallest absolute Gasteiger partial charge is 0.137 e. The van der Waals surface area contributed by atoms with Crippen molar-refractivity contribution in [1.82, 2.24) is 0 Å². The molecule has 0 N–H and O–H groups in total. The van der Waals surface area contributed by atoms with Crippen LogP contribution in [-0.2, 0) is 6.42 Å². The van der Waals surface area contributed by atoms with Gasteiger partial charge >= 0.3 is 0 Å². The molecule has 0 unspecified atom stereocenters. The molecule has 0 fully saturated rings. The van der Waals surface area contributed by atoms with E-state index in [1.165, 1.54) is 0 Å². The number of halogens is 1. The second-order valence-corrected chi connectivity index (χ2v) is 3.44. The Hall–Kier alpha value is -1.21. The van der Waals surface area contributed by atoms with Gasteiger partial charge in [-0.1, -0.05) is 0 Å². The molecule has 0 saturated carbocycles. The number of rotatable bonds is 3. The minimum absolute atomic E-state index is 0.347. The topological polar surface area (TPSA) is 42.2 Å². The van der Waals surface area contributed by atoms with Crippen LogP contribution in [0.4, 0.5) is 0 Å². The third-order valence-electron chi connectivity index (χ3n) is 1.79. The van der Waals surface area contributed by atoms with Gasteiger partial charge in [-0.05, 0) is 33.6 Å². The summed E-state index contributed by atoms with van der Waals surface area (Å²) >= 11 is 3.35. The van der Waals surface area contributed by atoms with E-state index in [0.717, 1.165) is 10.0 Å². The van der Waals surface area contributed by atoms with Crippen LogP contribution in [0.5, 0.6) is 11.5 Å². The van der Waals surface area contributed by atoms with Crippen molar-refractivity contribution >= 4 is 15.9 Å². The number of ether oxygens (including phenoxy) is 2. The number of methoxy groups -OCH3 is 2. The Bertz CT molecular complexity index is 346. The van der Waals surface area contributed by atoms with Crippen molar-refractivity contribution in [1.29, 1.82) is 5.26 Å². The average Bonchev–Trinajstić information content (AvgIpc) is 2.20. The maximum Gasteiger partial charge on any atom is 0.137 e. The molecule has 4 heteroatoms. The van der Waals surface area contributed by atoms with Crippen LogP contribution in [0.25, 0.3) is 0 Å². The Morgan fingerprint density at radius 1 is 1.29 bits per heavy atom. The number of benzene rings is 1. The molecule has 0 spiro atoms. The van der Waals surface area contributed by atoms with Gasteiger partial charge in [0.25, 0.3) is 0 Å². The summed E-state index contributed by atoms with van der Waals surface area (Å²) in [4.78, 5) is 0. The fourth-order valence-corrected chi connectivity index (χ4v) is 1.67. The predicted octanol–water partition coefficient (Wildman–Crippen LogP) is 2.53. The van der Waals surface area contributed by atoms with Gasteiger partial charge in [0.05, 0.1) is 26.7 Å². The Kier molecular flexibility index (Phi) is 3.78. The first-order chi connectivity index (χ1) is 6.72. The van der Waals surface area contributed by atoms with Gasteiger partial charge in [0, 0.05) is 0 Å². The van der Waals surface area contributed by atoms with Crippen LogP contribution in [0, 0.1) is 11.3 Å². The molecule has 0 radical (unpaired) electrons. The summed E-state index contributed by atoms with van der Waals surface area (Å²) < 4.78 is 11.0. The van der Waals surface area contributed by atoms with E-state index in [2.05, 4.69) is 22.0 Å². The highest BCUT2D eigenvalue weighted by Crippen LogP contribution is 2.35. The van der Waals surface area contributed by atoms with Gasteiger partial charge in [0.15, 0.2) is 0 Å². The van der Waals surface area contributed by atoms with Gasteiger partial charge in [-0.3, -0.25) is 0 Å². The lowest BCUT2D eigenvalue weighted by Gasteiger charge is -2.09. The average molecular weight is 256 g/mol.